The van der Waals surface area contributed by atoms with E-state index in [2.05, 4.69) is 5.32 Å². The average molecular weight is 317 g/mol. The number of amides is 1. The number of rotatable bonds is 9. The predicted molar refractivity (Wildman–Crippen MR) is 88.7 cm³/mol. The molecule has 1 amide bonds. The fourth-order valence-electron chi connectivity index (χ4n) is 2.83. The smallest absolute Gasteiger partial charge is 0.427 e. The Morgan fingerprint density at radius 2 is 1.91 bits per heavy atom. The van der Waals surface area contributed by atoms with Crippen LogP contribution in [0.25, 0.3) is 0 Å². The molecule has 0 heterocycles. The molecule has 23 heavy (non-hydrogen) atoms. The van der Waals surface area contributed by atoms with Crippen LogP contribution in [-0.2, 0) is 16.0 Å². The minimum atomic E-state index is -1.49. The molecule has 6 heteroatoms. The van der Waals surface area contributed by atoms with E-state index in [-0.39, 0.29) is 18.1 Å². The second-order valence-corrected chi connectivity index (χ2v) is 6.47. The summed E-state index contributed by atoms with van der Waals surface area (Å²) in [6, 6.07) is 8.85. The van der Waals surface area contributed by atoms with Gasteiger partial charge in [0.2, 0.25) is 5.91 Å². The minimum Gasteiger partial charge on any atom is -0.427 e. The third-order valence-corrected chi connectivity index (χ3v) is 4.27. The first-order valence-electron chi connectivity index (χ1n) is 8.15. The molecule has 0 aliphatic heterocycles. The number of ketones is 1. The van der Waals surface area contributed by atoms with Crippen molar-refractivity contribution in [3.63, 3.8) is 0 Å². The van der Waals surface area contributed by atoms with Crippen molar-refractivity contribution in [1.82, 2.24) is 5.32 Å². The lowest BCUT2D eigenvalue weighted by Crippen LogP contribution is -2.42. The first-order chi connectivity index (χ1) is 11.0. The lowest BCUT2D eigenvalue weighted by atomic mass is 9.67. The molecule has 0 bridgehead atoms. The van der Waals surface area contributed by atoms with Crippen LogP contribution in [0.2, 0.25) is 5.82 Å². The van der Waals surface area contributed by atoms with Gasteiger partial charge in [-0.05, 0) is 24.3 Å². The molecule has 0 spiro atoms. The molecule has 1 saturated carbocycles. The second-order valence-electron chi connectivity index (χ2n) is 6.47. The summed E-state index contributed by atoms with van der Waals surface area (Å²) in [5.41, 5.74) is 0.961. The zero-order chi connectivity index (χ0) is 16.8. The predicted octanol–water partition coefficient (Wildman–Crippen LogP) is 1.34. The molecule has 0 radical (unpaired) electrons. The highest BCUT2D eigenvalue weighted by molar-refractivity contribution is 6.43. The Bertz CT molecular complexity index is 531. The highest BCUT2D eigenvalue weighted by atomic mass is 16.4. The maximum absolute atomic E-state index is 12.6. The zero-order valence-electron chi connectivity index (χ0n) is 13.4. The molecule has 1 aromatic carbocycles. The average Bonchev–Trinajstić information content (AvgIpc) is 3.30. The van der Waals surface area contributed by atoms with Gasteiger partial charge in [-0.25, -0.2) is 0 Å². The van der Waals surface area contributed by atoms with Gasteiger partial charge in [0, 0.05) is 19.2 Å². The van der Waals surface area contributed by atoms with E-state index < -0.39 is 19.0 Å². The molecule has 1 aliphatic rings. The standard InChI is InChI=1S/C17H24BNO4/c1-12(20)19-16(10-13-5-3-2-4-6-13)17(21)11-15(18(22)23)9-14-7-8-14/h2-6,14-16,22-23H,7-11H2,1H3,(H,19,20)/t15-,16?/m1/s1. The molecular weight excluding hydrogens is 293 g/mol. The van der Waals surface area contributed by atoms with Gasteiger partial charge in [-0.1, -0.05) is 43.2 Å². The van der Waals surface area contributed by atoms with Gasteiger partial charge < -0.3 is 15.4 Å². The van der Waals surface area contributed by atoms with Crippen LogP contribution in [0.3, 0.4) is 0 Å². The third-order valence-electron chi connectivity index (χ3n) is 4.27. The van der Waals surface area contributed by atoms with Gasteiger partial charge in [0.05, 0.1) is 6.04 Å². The van der Waals surface area contributed by atoms with E-state index in [4.69, 9.17) is 0 Å². The van der Waals surface area contributed by atoms with Gasteiger partial charge in [0.15, 0.2) is 5.78 Å². The number of Topliss-reactive ketones (excluding diaryl/α,β-unsaturated/α-hetero) is 1. The van der Waals surface area contributed by atoms with Gasteiger partial charge in [-0.3, -0.25) is 9.59 Å². The zero-order valence-corrected chi connectivity index (χ0v) is 13.4. The van der Waals surface area contributed by atoms with Crippen LogP contribution < -0.4 is 5.32 Å². The van der Waals surface area contributed by atoms with Crippen molar-refractivity contribution in [2.45, 2.75) is 50.9 Å². The monoisotopic (exact) mass is 317 g/mol. The molecule has 1 unspecified atom stereocenters. The summed E-state index contributed by atoms with van der Waals surface area (Å²) in [5.74, 6) is -0.365. The van der Waals surface area contributed by atoms with Gasteiger partial charge in [-0.2, -0.15) is 0 Å². The van der Waals surface area contributed by atoms with Gasteiger partial charge in [-0.15, -0.1) is 0 Å². The maximum atomic E-state index is 12.6. The van der Waals surface area contributed by atoms with Crippen molar-refractivity contribution < 1.29 is 19.6 Å². The Kier molecular flexibility index (Phi) is 6.36. The van der Waals surface area contributed by atoms with Crippen LogP contribution in [0.5, 0.6) is 0 Å². The van der Waals surface area contributed by atoms with Crippen LogP contribution >= 0.6 is 0 Å². The molecule has 1 aliphatic carbocycles. The quantitative estimate of drug-likeness (QED) is 0.600. The number of benzene rings is 1. The Morgan fingerprint density at radius 3 is 2.43 bits per heavy atom. The lowest BCUT2D eigenvalue weighted by molar-refractivity contribution is -0.126. The number of hydrogen-bond acceptors (Lipinski definition) is 4. The van der Waals surface area contributed by atoms with Gasteiger partial charge >= 0.3 is 7.12 Å². The van der Waals surface area contributed by atoms with E-state index in [1.54, 1.807) is 0 Å². The number of nitrogens with one attached hydrogen (secondary N) is 1. The number of carbonyl (C=O) groups is 2. The summed E-state index contributed by atoms with van der Waals surface area (Å²) >= 11 is 0. The largest absolute Gasteiger partial charge is 0.455 e. The summed E-state index contributed by atoms with van der Waals surface area (Å²) in [5, 5.41) is 21.7. The van der Waals surface area contributed by atoms with Crippen LogP contribution in [0, 0.1) is 5.92 Å². The van der Waals surface area contributed by atoms with Crippen LogP contribution in [0.15, 0.2) is 30.3 Å². The topological polar surface area (TPSA) is 86.6 Å². The molecule has 1 fully saturated rings. The number of hydrogen-bond donors (Lipinski definition) is 3. The van der Waals surface area contributed by atoms with Crippen LogP contribution in [0.1, 0.15) is 38.2 Å². The van der Waals surface area contributed by atoms with Crippen molar-refractivity contribution >= 4 is 18.8 Å². The number of carbonyl (C=O) groups excluding carboxylic acids is 2. The first kappa shape index (κ1) is 17.7. The van der Waals surface area contributed by atoms with Crippen molar-refractivity contribution in [1.29, 1.82) is 0 Å². The Hall–Kier alpha value is -1.66. The van der Waals surface area contributed by atoms with Crippen molar-refractivity contribution in [2.75, 3.05) is 0 Å². The minimum absolute atomic E-state index is 0.0753. The van der Waals surface area contributed by atoms with Crippen molar-refractivity contribution in [3.05, 3.63) is 35.9 Å². The molecule has 0 aromatic heterocycles. The van der Waals surface area contributed by atoms with E-state index >= 15 is 0 Å². The fourth-order valence-corrected chi connectivity index (χ4v) is 2.83. The Morgan fingerprint density at radius 1 is 1.26 bits per heavy atom. The molecular formula is C17H24BNO4. The summed E-state index contributed by atoms with van der Waals surface area (Å²) in [6.07, 6.45) is 3.33. The van der Waals surface area contributed by atoms with E-state index in [0.29, 0.717) is 18.8 Å². The summed E-state index contributed by atoms with van der Waals surface area (Å²) < 4.78 is 0. The molecule has 2 atom stereocenters. The third kappa shape index (κ3) is 6.16. The molecule has 124 valence electrons. The van der Waals surface area contributed by atoms with E-state index in [1.807, 2.05) is 30.3 Å². The van der Waals surface area contributed by atoms with Crippen LogP contribution in [0.4, 0.5) is 0 Å². The van der Waals surface area contributed by atoms with E-state index in [9.17, 15) is 19.6 Å². The molecule has 1 aromatic rings. The second kappa shape index (κ2) is 8.27. The fraction of sp³-hybridized carbons (Fsp3) is 0.529. The Balaban J connectivity index is 2.00. The van der Waals surface area contributed by atoms with Crippen molar-refractivity contribution in [3.8, 4) is 0 Å². The normalized spacial score (nSPS) is 16.5. The molecule has 0 saturated heterocycles. The molecule has 2 rings (SSSR count). The van der Waals surface area contributed by atoms with Gasteiger partial charge in [0.1, 0.15) is 0 Å². The maximum Gasteiger partial charge on any atom is 0.455 e. The summed E-state index contributed by atoms with van der Waals surface area (Å²) in [4.78, 5) is 24.0. The van der Waals surface area contributed by atoms with Crippen LogP contribution in [-0.4, -0.2) is 34.9 Å². The lowest BCUT2D eigenvalue weighted by Gasteiger charge is -2.21. The molecule has 3 N–H and O–H groups in total. The highest BCUT2D eigenvalue weighted by Crippen LogP contribution is 2.39. The first-order valence-corrected chi connectivity index (χ1v) is 8.15. The SMILES string of the molecule is CC(=O)NC(Cc1ccccc1)C(=O)C[C@@H](CC1CC1)B(O)O. The highest BCUT2D eigenvalue weighted by Gasteiger charge is 2.34. The van der Waals surface area contributed by atoms with E-state index in [1.165, 1.54) is 6.92 Å². The Labute approximate surface area is 137 Å². The summed E-state index contributed by atoms with van der Waals surface area (Å²) in [6.45, 7) is 1.38. The van der Waals surface area contributed by atoms with Crippen molar-refractivity contribution in [2.24, 2.45) is 5.92 Å². The van der Waals surface area contributed by atoms with Gasteiger partial charge in [0.25, 0.3) is 0 Å². The molecule has 5 nitrogen and oxygen atoms in total. The van der Waals surface area contributed by atoms with E-state index in [0.717, 1.165) is 18.4 Å². The summed E-state index contributed by atoms with van der Waals surface area (Å²) in [7, 11) is -1.49.